The van der Waals surface area contributed by atoms with Crippen molar-refractivity contribution in [1.29, 1.82) is 0 Å². The predicted octanol–water partition coefficient (Wildman–Crippen LogP) is 1.91. The number of fused-ring (bicyclic) bond motifs is 2. The van der Waals surface area contributed by atoms with Gasteiger partial charge in [0, 0.05) is 25.3 Å². The Morgan fingerprint density at radius 3 is 1.71 bits per heavy atom. The summed E-state index contributed by atoms with van der Waals surface area (Å²) in [5.74, 6) is -9.49. The summed E-state index contributed by atoms with van der Waals surface area (Å²) in [6, 6.07) is 15.0. The molecule has 1 aliphatic heterocycles. The zero-order chi connectivity index (χ0) is 38.5. The highest BCUT2D eigenvalue weighted by molar-refractivity contribution is 5.95. The van der Waals surface area contributed by atoms with E-state index in [0.717, 1.165) is 20.8 Å². The number of carbonyl (C=O) groups excluding carboxylic acids is 6. The van der Waals surface area contributed by atoms with Crippen LogP contribution in [0.15, 0.2) is 72.8 Å². The Morgan fingerprint density at radius 1 is 0.750 bits per heavy atom. The van der Waals surface area contributed by atoms with E-state index in [2.05, 4.69) is 6.58 Å². The lowest BCUT2D eigenvalue weighted by atomic mass is 9.70. The lowest BCUT2D eigenvalue weighted by Crippen LogP contribution is -2.62. The van der Waals surface area contributed by atoms with Gasteiger partial charge in [0.15, 0.2) is 35.5 Å². The number of aliphatic hydroxyl groups excluding tert-OH is 1. The largest absolute Gasteiger partial charge is 0.459 e. The summed E-state index contributed by atoms with van der Waals surface area (Å²) in [6.07, 6.45) is -12.5. The van der Waals surface area contributed by atoms with E-state index in [4.69, 9.17) is 23.7 Å². The zero-order valence-corrected chi connectivity index (χ0v) is 29.5. The first-order chi connectivity index (χ1) is 24.3. The van der Waals surface area contributed by atoms with Crippen molar-refractivity contribution in [3.63, 3.8) is 0 Å². The molecule has 0 amide bonds. The van der Waals surface area contributed by atoms with Crippen LogP contribution in [0.1, 0.15) is 62.3 Å². The number of ketones is 2. The molecular formula is C38H42O14. The number of aliphatic hydroxyl groups is 3. The van der Waals surface area contributed by atoms with E-state index in [1.54, 1.807) is 24.3 Å². The first-order valence-electron chi connectivity index (χ1n) is 16.7. The summed E-state index contributed by atoms with van der Waals surface area (Å²) < 4.78 is 28.6. The van der Waals surface area contributed by atoms with Crippen LogP contribution in [0.4, 0.5) is 0 Å². The number of esters is 4. The molecule has 14 nitrogen and oxygen atoms in total. The van der Waals surface area contributed by atoms with Crippen molar-refractivity contribution in [2.75, 3.05) is 0 Å². The maximum atomic E-state index is 14.8. The second-order valence-electron chi connectivity index (χ2n) is 14.3. The number of carbonyl (C=O) groups is 6. The highest BCUT2D eigenvalue weighted by Gasteiger charge is 2.76. The molecule has 5 rings (SSSR count). The van der Waals surface area contributed by atoms with E-state index in [9.17, 15) is 44.1 Å². The minimum absolute atomic E-state index is 0.000709. The summed E-state index contributed by atoms with van der Waals surface area (Å²) in [6.45, 7) is 11.3. The van der Waals surface area contributed by atoms with E-state index in [0.29, 0.717) is 0 Å². The van der Waals surface area contributed by atoms with Crippen LogP contribution in [-0.4, -0.2) is 105 Å². The minimum Gasteiger partial charge on any atom is -0.459 e. The zero-order valence-electron chi connectivity index (χ0n) is 29.5. The van der Waals surface area contributed by atoms with E-state index in [1.807, 2.05) is 0 Å². The molecule has 52 heavy (non-hydrogen) atoms. The van der Waals surface area contributed by atoms with E-state index in [-0.39, 0.29) is 11.1 Å². The standard InChI is InChI=1S/C38H42O14/c1-18-26(51-33(44)22-14-10-8-11-15-22)24-31(48-20(3)39)37(7,46)35(49-21(4)40)38(24,47)29(42)19(2)28-32(50-28)36(5,6)30(43)25(41)27(18)52-34(45)23-16-12-9-13-17-23/h8-17,19,24-28,31-32,35,41,46-47H,1H2,2-7H3/t19-,24-,25-,26+,27+,28+,31-,32+,35+,37+,38-/m1/s1. The smallest absolute Gasteiger partial charge is 0.338 e. The molecule has 2 saturated carbocycles. The van der Waals surface area contributed by atoms with Gasteiger partial charge in [0.05, 0.1) is 34.7 Å². The molecule has 11 atom stereocenters. The molecule has 3 N–H and O–H groups in total. The highest BCUT2D eigenvalue weighted by Crippen LogP contribution is 2.54. The Kier molecular flexibility index (Phi) is 10.4. The van der Waals surface area contributed by atoms with Gasteiger partial charge in [-0.25, -0.2) is 9.59 Å². The van der Waals surface area contributed by atoms with Crippen LogP contribution >= 0.6 is 0 Å². The molecule has 0 bridgehead atoms. The third-order valence-corrected chi connectivity index (χ3v) is 10.2. The van der Waals surface area contributed by atoms with Crippen molar-refractivity contribution in [3.8, 4) is 0 Å². The molecule has 0 spiro atoms. The molecule has 0 radical (unpaired) electrons. The molecule has 0 unspecified atom stereocenters. The third kappa shape index (κ3) is 6.67. The number of Topliss-reactive ketones (excluding diaryl/α,β-unsaturated/α-hetero) is 2. The van der Waals surface area contributed by atoms with Gasteiger partial charge < -0.3 is 39.0 Å². The average Bonchev–Trinajstić information content (AvgIpc) is 3.90. The topological polar surface area (TPSA) is 213 Å². The number of hydrogen-bond acceptors (Lipinski definition) is 14. The van der Waals surface area contributed by atoms with Gasteiger partial charge in [0.1, 0.15) is 17.8 Å². The Balaban J connectivity index is 1.80. The van der Waals surface area contributed by atoms with Crippen molar-refractivity contribution in [2.45, 2.75) is 95.5 Å². The van der Waals surface area contributed by atoms with Gasteiger partial charge in [0.2, 0.25) is 0 Å². The Labute approximate surface area is 299 Å². The van der Waals surface area contributed by atoms with Gasteiger partial charge in [-0.2, -0.15) is 0 Å². The van der Waals surface area contributed by atoms with Crippen molar-refractivity contribution < 1.29 is 67.8 Å². The number of epoxide rings is 1. The van der Waals surface area contributed by atoms with Crippen molar-refractivity contribution >= 4 is 35.4 Å². The van der Waals surface area contributed by atoms with E-state index < -0.39 is 112 Å². The Morgan fingerprint density at radius 2 is 1.23 bits per heavy atom. The first-order valence-corrected chi connectivity index (χ1v) is 16.7. The van der Waals surface area contributed by atoms with Gasteiger partial charge in [-0.05, 0) is 31.2 Å². The maximum Gasteiger partial charge on any atom is 0.338 e. The normalized spacial score (nSPS) is 35.5. The molecular weight excluding hydrogens is 680 g/mol. The van der Waals surface area contributed by atoms with Crippen LogP contribution in [0.5, 0.6) is 0 Å². The Bertz CT molecular complexity index is 1770. The van der Waals surface area contributed by atoms with E-state index >= 15 is 0 Å². The van der Waals surface area contributed by atoms with Gasteiger partial charge in [-0.3, -0.25) is 19.2 Å². The number of benzene rings is 2. The number of ether oxygens (including phenoxy) is 5. The first kappa shape index (κ1) is 38.5. The molecule has 0 aromatic heterocycles. The van der Waals surface area contributed by atoms with Gasteiger partial charge in [-0.1, -0.05) is 63.7 Å². The van der Waals surface area contributed by atoms with Crippen LogP contribution < -0.4 is 0 Å². The lowest BCUT2D eigenvalue weighted by molar-refractivity contribution is -0.193. The number of hydrogen-bond donors (Lipinski definition) is 3. The monoisotopic (exact) mass is 722 g/mol. The summed E-state index contributed by atoms with van der Waals surface area (Å²) in [4.78, 5) is 81.5. The van der Waals surface area contributed by atoms with Crippen LogP contribution in [0, 0.1) is 17.3 Å². The van der Waals surface area contributed by atoms with Crippen LogP contribution in [0.2, 0.25) is 0 Å². The van der Waals surface area contributed by atoms with Crippen LogP contribution in [-0.2, 0) is 42.9 Å². The summed E-state index contributed by atoms with van der Waals surface area (Å²) >= 11 is 0. The van der Waals surface area contributed by atoms with Crippen molar-refractivity contribution in [3.05, 3.63) is 83.9 Å². The second kappa shape index (κ2) is 14.0. The fourth-order valence-corrected chi connectivity index (χ4v) is 7.45. The highest BCUT2D eigenvalue weighted by atomic mass is 16.6. The predicted molar refractivity (Wildman–Crippen MR) is 178 cm³/mol. The SMILES string of the molecule is C=C1[C@H](OC(=O)c2ccccc2)[C@@H]2[C@@H](OC(C)=O)[C@](C)(O)[C@H](OC(C)=O)[C@]2(O)C(=O)[C@H](C)[C@@H]2O[C@@H]2C(C)(C)C(=O)[C@H](O)[C@H]1OC(=O)c1ccccc1. The fourth-order valence-electron chi connectivity index (χ4n) is 7.45. The molecule has 2 aromatic carbocycles. The quantitative estimate of drug-likeness (QED) is 0.168. The maximum absolute atomic E-state index is 14.8. The lowest BCUT2D eigenvalue weighted by Gasteiger charge is -2.41. The fraction of sp³-hybridized carbons (Fsp3) is 0.474. The molecule has 1 saturated heterocycles. The molecule has 14 heteroatoms. The molecule has 2 aromatic rings. The van der Waals surface area contributed by atoms with Crippen molar-refractivity contribution in [2.24, 2.45) is 17.3 Å². The summed E-state index contributed by atoms with van der Waals surface area (Å²) in [5, 5.41) is 36.7. The summed E-state index contributed by atoms with van der Waals surface area (Å²) in [5.41, 5.74) is -7.72. The second-order valence-corrected chi connectivity index (χ2v) is 14.3. The third-order valence-electron chi connectivity index (χ3n) is 10.2. The van der Waals surface area contributed by atoms with Crippen LogP contribution in [0.3, 0.4) is 0 Å². The summed E-state index contributed by atoms with van der Waals surface area (Å²) in [7, 11) is 0. The molecule has 2 aliphatic carbocycles. The molecule has 278 valence electrons. The van der Waals surface area contributed by atoms with Crippen molar-refractivity contribution in [1.82, 2.24) is 0 Å². The molecule has 3 aliphatic rings. The van der Waals surface area contributed by atoms with Gasteiger partial charge in [0.25, 0.3) is 0 Å². The van der Waals surface area contributed by atoms with E-state index in [1.165, 1.54) is 57.2 Å². The van der Waals surface area contributed by atoms with Gasteiger partial charge >= 0.3 is 23.9 Å². The number of rotatable bonds is 6. The Hall–Kier alpha value is -4.76. The average molecular weight is 723 g/mol. The molecule has 3 fully saturated rings. The minimum atomic E-state index is -3.04. The van der Waals surface area contributed by atoms with Gasteiger partial charge in [-0.15, -0.1) is 0 Å². The van der Waals surface area contributed by atoms with Crippen LogP contribution in [0.25, 0.3) is 0 Å². The molecule has 1 heterocycles.